The molecule has 11 heteroatoms. The van der Waals surface area contributed by atoms with E-state index < -0.39 is 23.6 Å². The van der Waals surface area contributed by atoms with E-state index in [1.807, 2.05) is 39.0 Å². The van der Waals surface area contributed by atoms with Crippen LogP contribution < -0.4 is 4.74 Å². The Morgan fingerprint density at radius 1 is 1.00 bits per heavy atom. The van der Waals surface area contributed by atoms with Gasteiger partial charge < -0.3 is 19.6 Å². The fourth-order valence-corrected chi connectivity index (χ4v) is 7.82. The monoisotopic (exact) mass is 679 g/mol. The van der Waals surface area contributed by atoms with Gasteiger partial charge in [-0.25, -0.2) is 13.6 Å². The first-order chi connectivity index (χ1) is 22.3. The highest BCUT2D eigenvalue weighted by Crippen LogP contribution is 2.41. The number of amides is 2. The molecule has 3 aromatic carbocycles. The molecule has 0 atom stereocenters. The summed E-state index contributed by atoms with van der Waals surface area (Å²) in [6, 6.07) is 16.4. The fourth-order valence-electron chi connectivity index (χ4n) is 6.31. The van der Waals surface area contributed by atoms with Gasteiger partial charge in [0.1, 0.15) is 22.3 Å². The second kappa shape index (κ2) is 13.9. The molecule has 47 heavy (non-hydrogen) atoms. The number of carboxylic acid groups (broad SMARTS) is 1. The van der Waals surface area contributed by atoms with E-state index in [1.165, 1.54) is 12.0 Å². The molecule has 0 bridgehead atoms. The van der Waals surface area contributed by atoms with Gasteiger partial charge in [0.05, 0.1) is 33.9 Å². The van der Waals surface area contributed by atoms with E-state index in [-0.39, 0.29) is 44.0 Å². The van der Waals surface area contributed by atoms with Crippen molar-refractivity contribution in [1.82, 2.24) is 9.80 Å². The molecule has 1 heterocycles. The van der Waals surface area contributed by atoms with Crippen LogP contribution in [0, 0.1) is 28.4 Å². The first-order valence-electron chi connectivity index (χ1n) is 15.3. The molecular weight excluding hydrogens is 644 g/mol. The number of hydrogen-bond donors (Lipinski definition) is 1. The van der Waals surface area contributed by atoms with Crippen molar-refractivity contribution >= 4 is 45.0 Å². The molecule has 2 amide bonds. The van der Waals surface area contributed by atoms with Crippen molar-refractivity contribution in [3.8, 4) is 22.9 Å². The molecule has 7 nitrogen and oxygen atoms in total. The maximum atomic E-state index is 14.8. The number of methoxy groups -OCH3 is 1. The average Bonchev–Trinajstić information content (AvgIpc) is 3.41. The summed E-state index contributed by atoms with van der Waals surface area (Å²) in [5, 5.41) is 19.2. The number of hydrogen-bond acceptors (Lipinski definition) is 5. The first-order valence-corrected chi connectivity index (χ1v) is 16.5. The lowest BCUT2D eigenvalue weighted by Gasteiger charge is -2.41. The summed E-state index contributed by atoms with van der Waals surface area (Å²) in [6.45, 7) is 6.46. The fraction of sp³-hybridized carbons (Fsp3) is 0.361. The Morgan fingerprint density at radius 2 is 1.64 bits per heavy atom. The zero-order valence-electron chi connectivity index (χ0n) is 26.6. The zero-order chi connectivity index (χ0) is 34.0. The molecule has 0 radical (unpaired) electrons. The second-order valence-corrected chi connectivity index (χ2v) is 14.5. The lowest BCUT2D eigenvalue weighted by atomic mass is 9.87. The van der Waals surface area contributed by atoms with Crippen LogP contribution >= 0.6 is 22.9 Å². The maximum Gasteiger partial charge on any atom is 0.407 e. The average molecular weight is 680 g/mol. The highest BCUT2D eigenvalue weighted by atomic mass is 35.5. The standard InChI is InChI=1S/C36H36ClF2N3O4S/c1-36(2,3)20-42(35(44)45)26-11-9-25(10-12-26)41(34(43)33-31(37)30-27(38)13-14-28(39)32(30)47-33)19-24-17-23(8-15-29(24)46-4)22-7-5-6-21(16-22)18-40/h5-8,13-17,25-26H,9-12,19-20H2,1-4H3,(H,44,45). The molecular formula is C36H36ClF2N3O4S. The third-order valence-electron chi connectivity index (χ3n) is 8.52. The third-order valence-corrected chi connectivity index (χ3v) is 10.2. The summed E-state index contributed by atoms with van der Waals surface area (Å²) in [7, 11) is 1.54. The predicted octanol–water partition coefficient (Wildman–Crippen LogP) is 9.36. The van der Waals surface area contributed by atoms with Crippen LogP contribution in [0.2, 0.25) is 5.02 Å². The molecule has 0 saturated heterocycles. The van der Waals surface area contributed by atoms with Gasteiger partial charge in [-0.1, -0.05) is 50.6 Å². The maximum absolute atomic E-state index is 14.8. The topological polar surface area (TPSA) is 93.9 Å². The van der Waals surface area contributed by atoms with Crippen LogP contribution in [-0.2, 0) is 6.54 Å². The van der Waals surface area contributed by atoms with Gasteiger partial charge in [0.15, 0.2) is 0 Å². The highest BCUT2D eigenvalue weighted by molar-refractivity contribution is 7.21. The van der Waals surface area contributed by atoms with Crippen molar-refractivity contribution in [2.75, 3.05) is 13.7 Å². The number of carbonyl (C=O) groups is 2. The lowest BCUT2D eigenvalue weighted by Crippen LogP contribution is -2.49. The number of nitrogens with zero attached hydrogens (tertiary/aromatic N) is 3. The summed E-state index contributed by atoms with van der Waals surface area (Å²) in [5.74, 6) is -1.31. The van der Waals surface area contributed by atoms with Crippen LogP contribution in [0.1, 0.15) is 67.3 Å². The van der Waals surface area contributed by atoms with Gasteiger partial charge in [-0.3, -0.25) is 4.79 Å². The molecule has 1 N–H and O–H groups in total. The van der Waals surface area contributed by atoms with E-state index in [0.717, 1.165) is 34.6 Å². The summed E-state index contributed by atoms with van der Waals surface area (Å²) in [5.41, 5.74) is 2.61. The molecule has 0 spiro atoms. The molecule has 1 saturated carbocycles. The number of halogens is 3. The normalized spacial score (nSPS) is 16.5. The van der Waals surface area contributed by atoms with E-state index in [4.69, 9.17) is 16.3 Å². The molecule has 5 rings (SSSR count). The number of ether oxygens (including phenoxy) is 1. The first kappa shape index (κ1) is 34.1. The molecule has 1 aliphatic rings. The summed E-state index contributed by atoms with van der Waals surface area (Å²) < 4.78 is 35.2. The predicted molar refractivity (Wildman–Crippen MR) is 180 cm³/mol. The van der Waals surface area contributed by atoms with E-state index in [0.29, 0.717) is 49.1 Å². The summed E-state index contributed by atoms with van der Waals surface area (Å²) in [6.07, 6.45) is 1.14. The Kier molecular flexibility index (Phi) is 10.1. The van der Waals surface area contributed by atoms with Gasteiger partial charge in [-0.15, -0.1) is 11.3 Å². The molecule has 1 aromatic heterocycles. The number of benzene rings is 3. The summed E-state index contributed by atoms with van der Waals surface area (Å²) >= 11 is 7.42. The van der Waals surface area contributed by atoms with Crippen molar-refractivity contribution < 1.29 is 28.2 Å². The number of thiophene rings is 1. The third kappa shape index (κ3) is 7.37. The van der Waals surface area contributed by atoms with Crippen LogP contribution in [0.5, 0.6) is 5.75 Å². The summed E-state index contributed by atoms with van der Waals surface area (Å²) in [4.78, 5) is 29.9. The minimum Gasteiger partial charge on any atom is -0.496 e. The van der Waals surface area contributed by atoms with Crippen molar-refractivity contribution in [1.29, 1.82) is 5.26 Å². The number of fused-ring (bicyclic) bond motifs is 1. The number of carbonyl (C=O) groups excluding carboxylic acids is 1. The van der Waals surface area contributed by atoms with E-state index in [9.17, 15) is 28.7 Å². The van der Waals surface area contributed by atoms with Crippen LogP contribution in [0.25, 0.3) is 21.2 Å². The van der Waals surface area contributed by atoms with Crippen LogP contribution in [0.4, 0.5) is 13.6 Å². The van der Waals surface area contributed by atoms with E-state index >= 15 is 0 Å². The molecule has 246 valence electrons. The molecule has 1 fully saturated rings. The zero-order valence-corrected chi connectivity index (χ0v) is 28.2. The lowest BCUT2D eigenvalue weighted by molar-refractivity contribution is 0.0492. The van der Waals surface area contributed by atoms with Crippen molar-refractivity contribution in [2.24, 2.45) is 5.41 Å². The largest absolute Gasteiger partial charge is 0.496 e. The van der Waals surface area contributed by atoms with Gasteiger partial charge >= 0.3 is 6.09 Å². The van der Waals surface area contributed by atoms with E-state index in [2.05, 4.69) is 6.07 Å². The molecule has 0 unspecified atom stereocenters. The Morgan fingerprint density at radius 3 is 2.23 bits per heavy atom. The SMILES string of the molecule is COc1ccc(-c2cccc(C#N)c2)cc1CN(C(=O)c1sc2c(F)ccc(F)c2c1Cl)C1CCC(N(CC(C)(C)C)C(=O)O)CC1. The van der Waals surface area contributed by atoms with Gasteiger partial charge in [0, 0.05) is 30.7 Å². The van der Waals surface area contributed by atoms with Crippen molar-refractivity contribution in [3.05, 3.63) is 87.3 Å². The smallest absolute Gasteiger partial charge is 0.407 e. The molecule has 1 aliphatic carbocycles. The number of rotatable bonds is 8. The van der Waals surface area contributed by atoms with Crippen LogP contribution in [-0.4, -0.2) is 52.6 Å². The molecule has 0 aliphatic heterocycles. The van der Waals surface area contributed by atoms with Crippen molar-refractivity contribution in [3.63, 3.8) is 0 Å². The Labute approximate surface area is 281 Å². The Bertz CT molecular complexity index is 1860. The second-order valence-electron chi connectivity index (χ2n) is 13.1. The highest BCUT2D eigenvalue weighted by Gasteiger charge is 2.36. The molecule has 4 aromatic rings. The van der Waals surface area contributed by atoms with Gasteiger partial charge in [-0.2, -0.15) is 5.26 Å². The number of nitriles is 1. The Balaban J connectivity index is 1.53. The van der Waals surface area contributed by atoms with Gasteiger partial charge in [0.25, 0.3) is 5.91 Å². The van der Waals surface area contributed by atoms with Crippen molar-refractivity contribution in [2.45, 2.75) is 65.1 Å². The minimum atomic E-state index is -0.973. The Hall–Kier alpha value is -4.20. The van der Waals surface area contributed by atoms with E-state index in [1.54, 1.807) is 29.2 Å². The van der Waals surface area contributed by atoms with Crippen LogP contribution in [0.15, 0.2) is 54.6 Å². The minimum absolute atomic E-state index is 0.0294. The van der Waals surface area contributed by atoms with Gasteiger partial charge in [0.2, 0.25) is 0 Å². The quantitative estimate of drug-likeness (QED) is 0.200. The van der Waals surface area contributed by atoms with Gasteiger partial charge in [-0.05, 0) is 78.6 Å². The van der Waals surface area contributed by atoms with Crippen LogP contribution in [0.3, 0.4) is 0 Å².